The Morgan fingerprint density at radius 1 is 1.24 bits per heavy atom. The molecule has 2 atom stereocenters. The molecule has 0 spiro atoms. The minimum Gasteiger partial charge on any atom is -0.378 e. The van der Waals surface area contributed by atoms with Gasteiger partial charge in [0.15, 0.2) is 0 Å². The lowest BCUT2D eigenvalue weighted by Crippen LogP contribution is -2.38. The van der Waals surface area contributed by atoms with Crippen LogP contribution >= 0.6 is 11.8 Å². The Morgan fingerprint density at radius 2 is 2.05 bits per heavy atom. The minimum atomic E-state index is 0.271. The van der Waals surface area contributed by atoms with Crippen molar-refractivity contribution in [3.05, 3.63) is 0 Å². The molecule has 7 nitrogen and oxygen atoms in total. The van der Waals surface area contributed by atoms with E-state index in [1.165, 1.54) is 12.8 Å². The summed E-state index contributed by atoms with van der Waals surface area (Å²) in [4.78, 5) is 15.1. The maximum Gasteiger partial charge on any atom is 0.232 e. The largest absolute Gasteiger partial charge is 0.378 e. The molecule has 116 valence electrons. The van der Waals surface area contributed by atoms with Crippen LogP contribution in [0.4, 0.5) is 17.8 Å². The molecule has 0 aromatic carbocycles. The van der Waals surface area contributed by atoms with Gasteiger partial charge in [0.1, 0.15) is 0 Å². The number of thioether (sulfide) groups is 1. The summed E-state index contributed by atoms with van der Waals surface area (Å²) in [6, 6.07) is 0.416. The number of anilines is 3. The van der Waals surface area contributed by atoms with Crippen LogP contribution < -0.4 is 16.0 Å². The summed E-state index contributed by atoms with van der Waals surface area (Å²) in [7, 11) is 0. The topological polar surface area (TPSA) is 89.2 Å². The van der Waals surface area contributed by atoms with E-state index in [1.54, 1.807) is 0 Å². The van der Waals surface area contributed by atoms with E-state index < -0.39 is 0 Å². The van der Waals surface area contributed by atoms with Crippen molar-refractivity contribution in [2.45, 2.75) is 30.6 Å². The molecule has 0 bridgehead atoms. The monoisotopic (exact) mass is 310 g/mol. The molecule has 3 rings (SSSR count). The van der Waals surface area contributed by atoms with Gasteiger partial charge in [-0.2, -0.15) is 26.7 Å². The third-order valence-corrected chi connectivity index (χ3v) is 5.17. The Hall–Kier alpha value is -1.28. The molecule has 0 amide bonds. The van der Waals surface area contributed by atoms with Crippen LogP contribution in [0.1, 0.15) is 19.3 Å². The van der Waals surface area contributed by atoms with Crippen LogP contribution in [0.3, 0.4) is 0 Å². The summed E-state index contributed by atoms with van der Waals surface area (Å²) in [5, 5.41) is 4.06. The summed E-state index contributed by atoms with van der Waals surface area (Å²) < 4.78 is 5.36. The first-order chi connectivity index (χ1) is 10.3. The van der Waals surface area contributed by atoms with E-state index in [0.29, 0.717) is 36.4 Å². The van der Waals surface area contributed by atoms with Crippen molar-refractivity contribution in [3.8, 4) is 0 Å². The third kappa shape index (κ3) is 3.49. The van der Waals surface area contributed by atoms with Crippen LogP contribution in [0.5, 0.6) is 0 Å². The molecule has 1 aromatic rings. The van der Waals surface area contributed by atoms with Crippen molar-refractivity contribution in [1.82, 2.24) is 15.0 Å². The smallest absolute Gasteiger partial charge is 0.232 e. The van der Waals surface area contributed by atoms with Gasteiger partial charge in [-0.25, -0.2) is 0 Å². The fourth-order valence-electron chi connectivity index (χ4n) is 2.89. The van der Waals surface area contributed by atoms with E-state index in [2.05, 4.69) is 31.4 Å². The lowest BCUT2D eigenvalue weighted by molar-refractivity contribution is 0.122. The molecule has 8 heteroatoms. The van der Waals surface area contributed by atoms with Gasteiger partial charge in [0.2, 0.25) is 17.8 Å². The van der Waals surface area contributed by atoms with E-state index in [9.17, 15) is 0 Å². The number of hydrogen-bond acceptors (Lipinski definition) is 8. The zero-order chi connectivity index (χ0) is 14.7. The highest BCUT2D eigenvalue weighted by atomic mass is 32.2. The average Bonchev–Trinajstić information content (AvgIpc) is 2.95. The highest BCUT2D eigenvalue weighted by Gasteiger charge is 2.27. The first-order valence-electron chi connectivity index (χ1n) is 7.40. The summed E-state index contributed by atoms with van der Waals surface area (Å²) in [5.74, 6) is 1.51. The van der Waals surface area contributed by atoms with E-state index in [4.69, 9.17) is 10.5 Å². The number of nitrogens with zero attached hydrogens (tertiary/aromatic N) is 4. The molecule has 1 aromatic heterocycles. The molecule has 2 unspecified atom stereocenters. The van der Waals surface area contributed by atoms with E-state index in [1.807, 2.05) is 11.8 Å². The van der Waals surface area contributed by atoms with Crippen molar-refractivity contribution in [3.63, 3.8) is 0 Å². The maximum atomic E-state index is 5.84. The standard InChI is InChI=1S/C13H22N6OS/c1-21-10-4-2-3-9(10)15-12-16-11(14)17-13(18-12)19-5-7-20-8-6-19/h9-10H,2-8H2,1H3,(H3,14,15,16,17,18). The number of nitrogen functional groups attached to an aromatic ring is 1. The first kappa shape index (κ1) is 14.6. The predicted octanol–water partition coefficient (Wildman–Crippen LogP) is 0.986. The molecule has 1 saturated carbocycles. The summed E-state index contributed by atoms with van der Waals surface area (Å²) in [5.41, 5.74) is 5.84. The molecule has 2 heterocycles. The summed E-state index contributed by atoms with van der Waals surface area (Å²) in [6.07, 6.45) is 5.81. The lowest BCUT2D eigenvalue weighted by atomic mass is 10.2. The van der Waals surface area contributed by atoms with Crippen LogP contribution in [0.25, 0.3) is 0 Å². The van der Waals surface area contributed by atoms with Gasteiger partial charge in [-0.05, 0) is 19.1 Å². The van der Waals surface area contributed by atoms with Crippen LogP contribution in [0.15, 0.2) is 0 Å². The fraction of sp³-hybridized carbons (Fsp3) is 0.769. The Kier molecular flexibility index (Phi) is 4.64. The number of rotatable bonds is 4. The maximum absolute atomic E-state index is 5.84. The first-order valence-corrected chi connectivity index (χ1v) is 8.68. The number of aromatic nitrogens is 3. The van der Waals surface area contributed by atoms with Gasteiger partial charge in [-0.15, -0.1) is 0 Å². The van der Waals surface area contributed by atoms with Crippen molar-refractivity contribution >= 4 is 29.6 Å². The average molecular weight is 310 g/mol. The molecular weight excluding hydrogens is 288 g/mol. The van der Waals surface area contributed by atoms with Crippen LogP contribution in [0, 0.1) is 0 Å². The summed E-state index contributed by atoms with van der Waals surface area (Å²) >= 11 is 1.90. The van der Waals surface area contributed by atoms with Gasteiger partial charge in [-0.1, -0.05) is 6.42 Å². The quantitative estimate of drug-likeness (QED) is 0.851. The Morgan fingerprint density at radius 3 is 2.81 bits per heavy atom. The predicted molar refractivity (Wildman–Crippen MR) is 85.8 cm³/mol. The van der Waals surface area contributed by atoms with Crippen LogP contribution in [-0.4, -0.2) is 58.8 Å². The lowest BCUT2D eigenvalue weighted by Gasteiger charge is -2.27. The zero-order valence-electron chi connectivity index (χ0n) is 12.3. The van der Waals surface area contributed by atoms with Gasteiger partial charge in [0.25, 0.3) is 0 Å². The molecule has 21 heavy (non-hydrogen) atoms. The van der Waals surface area contributed by atoms with Crippen molar-refractivity contribution in [1.29, 1.82) is 0 Å². The summed E-state index contributed by atoms with van der Waals surface area (Å²) in [6.45, 7) is 2.98. The van der Waals surface area contributed by atoms with Crippen molar-refractivity contribution in [2.75, 3.05) is 48.5 Å². The van der Waals surface area contributed by atoms with E-state index >= 15 is 0 Å². The minimum absolute atomic E-state index is 0.271. The van der Waals surface area contributed by atoms with Crippen molar-refractivity contribution < 1.29 is 4.74 Å². The van der Waals surface area contributed by atoms with Gasteiger partial charge < -0.3 is 20.7 Å². The Labute approximate surface area is 129 Å². The molecule has 1 aliphatic carbocycles. The fourth-order valence-corrected chi connectivity index (χ4v) is 3.82. The van der Waals surface area contributed by atoms with E-state index in [0.717, 1.165) is 19.5 Å². The normalized spacial score (nSPS) is 26.0. The highest BCUT2D eigenvalue weighted by Crippen LogP contribution is 2.30. The molecule has 2 fully saturated rings. The van der Waals surface area contributed by atoms with Gasteiger partial charge >= 0.3 is 0 Å². The van der Waals surface area contributed by atoms with Crippen molar-refractivity contribution in [2.24, 2.45) is 0 Å². The van der Waals surface area contributed by atoms with Gasteiger partial charge in [0.05, 0.1) is 13.2 Å². The number of nitrogens with one attached hydrogen (secondary N) is 1. The SMILES string of the molecule is CSC1CCCC1Nc1nc(N)nc(N2CCOCC2)n1. The second-order valence-electron chi connectivity index (χ2n) is 5.37. The van der Waals surface area contributed by atoms with Gasteiger partial charge in [0, 0.05) is 24.4 Å². The number of hydrogen-bond donors (Lipinski definition) is 2. The zero-order valence-corrected chi connectivity index (χ0v) is 13.1. The Bertz CT molecular complexity index is 482. The second kappa shape index (κ2) is 6.65. The third-order valence-electron chi connectivity index (χ3n) is 4.00. The highest BCUT2D eigenvalue weighted by molar-refractivity contribution is 7.99. The Balaban J connectivity index is 1.74. The molecule has 1 aliphatic heterocycles. The molecular formula is C13H22N6OS. The molecule has 2 aliphatic rings. The molecule has 3 N–H and O–H groups in total. The molecule has 1 saturated heterocycles. The van der Waals surface area contributed by atoms with Crippen LogP contribution in [-0.2, 0) is 4.74 Å². The second-order valence-corrected chi connectivity index (χ2v) is 6.45. The number of nitrogens with two attached hydrogens (primary N) is 1. The van der Waals surface area contributed by atoms with Gasteiger partial charge in [-0.3, -0.25) is 0 Å². The van der Waals surface area contributed by atoms with Crippen LogP contribution in [0.2, 0.25) is 0 Å². The number of morpholine rings is 1. The number of ether oxygens (including phenoxy) is 1. The molecule has 0 radical (unpaired) electrons. The van der Waals surface area contributed by atoms with E-state index in [-0.39, 0.29) is 5.95 Å².